The Balaban J connectivity index is 2.51. The maximum Gasteiger partial charge on any atom is 0.262 e. The molecule has 0 heterocycles. The van der Waals surface area contributed by atoms with Crippen LogP contribution in [-0.2, 0) is 10.0 Å². The van der Waals surface area contributed by atoms with E-state index < -0.39 is 10.0 Å². The fourth-order valence-corrected chi connectivity index (χ4v) is 4.26. The standard InChI is InChI=1S/C19H24ClNO5S/c1-6-26-13-7-8-19(14(9-13)12(2)3)27(22,23)21-16-11-17(24-4)15(20)10-18(16)25-5/h7-12,21H,6H2,1-5H3. The average Bonchev–Trinajstić information content (AvgIpc) is 2.62. The molecular formula is C19H24ClNO5S. The molecule has 8 heteroatoms. The molecular weight excluding hydrogens is 390 g/mol. The Hall–Kier alpha value is -2.12. The van der Waals surface area contributed by atoms with Crippen molar-refractivity contribution < 1.29 is 22.6 Å². The first-order valence-corrected chi connectivity index (χ1v) is 10.3. The maximum absolute atomic E-state index is 13.1. The average molecular weight is 414 g/mol. The van der Waals surface area contributed by atoms with Crippen molar-refractivity contribution in [3.63, 3.8) is 0 Å². The smallest absolute Gasteiger partial charge is 0.262 e. The van der Waals surface area contributed by atoms with Gasteiger partial charge in [-0.15, -0.1) is 0 Å². The van der Waals surface area contributed by atoms with Crippen molar-refractivity contribution in [1.82, 2.24) is 0 Å². The molecule has 0 unspecified atom stereocenters. The lowest BCUT2D eigenvalue weighted by molar-refractivity contribution is 0.339. The molecule has 0 aliphatic heterocycles. The van der Waals surface area contributed by atoms with Crippen molar-refractivity contribution in [2.24, 2.45) is 0 Å². The lowest BCUT2D eigenvalue weighted by atomic mass is 10.0. The van der Waals surface area contributed by atoms with Gasteiger partial charge in [0.05, 0.1) is 36.4 Å². The van der Waals surface area contributed by atoms with E-state index in [0.717, 1.165) is 0 Å². The zero-order valence-corrected chi connectivity index (χ0v) is 17.6. The highest BCUT2D eigenvalue weighted by molar-refractivity contribution is 7.92. The molecule has 0 atom stereocenters. The third-order valence-electron chi connectivity index (χ3n) is 3.92. The van der Waals surface area contributed by atoms with Crippen LogP contribution in [0.25, 0.3) is 0 Å². The van der Waals surface area contributed by atoms with Gasteiger partial charge in [0.2, 0.25) is 0 Å². The van der Waals surface area contributed by atoms with Gasteiger partial charge in [-0.3, -0.25) is 4.72 Å². The summed E-state index contributed by atoms with van der Waals surface area (Å²) >= 11 is 6.09. The van der Waals surface area contributed by atoms with E-state index in [9.17, 15) is 8.42 Å². The van der Waals surface area contributed by atoms with E-state index in [-0.39, 0.29) is 16.5 Å². The predicted octanol–water partition coefficient (Wildman–Crippen LogP) is 4.68. The van der Waals surface area contributed by atoms with E-state index in [1.165, 1.54) is 26.4 Å². The van der Waals surface area contributed by atoms with Crippen LogP contribution in [-0.4, -0.2) is 29.2 Å². The molecule has 27 heavy (non-hydrogen) atoms. The number of hydrogen-bond acceptors (Lipinski definition) is 5. The summed E-state index contributed by atoms with van der Waals surface area (Å²) in [5, 5.41) is 0.321. The largest absolute Gasteiger partial charge is 0.495 e. The summed E-state index contributed by atoms with van der Waals surface area (Å²) in [4.78, 5) is 0.178. The Labute approximate surface area is 165 Å². The maximum atomic E-state index is 13.1. The van der Waals surface area contributed by atoms with Crippen molar-refractivity contribution in [2.75, 3.05) is 25.5 Å². The fourth-order valence-electron chi connectivity index (χ4n) is 2.62. The summed E-state index contributed by atoms with van der Waals surface area (Å²) < 4.78 is 44.6. The second-order valence-corrected chi connectivity index (χ2v) is 8.14. The van der Waals surface area contributed by atoms with Crippen molar-refractivity contribution >= 4 is 27.3 Å². The van der Waals surface area contributed by atoms with E-state index in [1.807, 2.05) is 20.8 Å². The van der Waals surface area contributed by atoms with Gasteiger partial charge >= 0.3 is 0 Å². The number of nitrogens with one attached hydrogen (secondary N) is 1. The molecule has 1 N–H and O–H groups in total. The molecule has 0 saturated carbocycles. The molecule has 0 spiro atoms. The van der Waals surface area contributed by atoms with Crippen LogP contribution >= 0.6 is 11.6 Å². The number of ether oxygens (including phenoxy) is 3. The lowest BCUT2D eigenvalue weighted by Gasteiger charge is -2.18. The zero-order valence-electron chi connectivity index (χ0n) is 16.0. The number of benzene rings is 2. The van der Waals surface area contributed by atoms with Gasteiger partial charge in [0, 0.05) is 12.1 Å². The molecule has 0 aliphatic carbocycles. The van der Waals surface area contributed by atoms with E-state index in [4.69, 9.17) is 25.8 Å². The van der Waals surface area contributed by atoms with Gasteiger partial charge in [-0.1, -0.05) is 25.4 Å². The Bertz CT molecular complexity index is 913. The molecule has 0 aliphatic rings. The Morgan fingerprint density at radius 1 is 1.07 bits per heavy atom. The lowest BCUT2D eigenvalue weighted by Crippen LogP contribution is -2.16. The van der Waals surface area contributed by atoms with Gasteiger partial charge in [-0.05, 0) is 36.6 Å². The molecule has 6 nitrogen and oxygen atoms in total. The van der Waals surface area contributed by atoms with Crippen LogP contribution in [0.1, 0.15) is 32.3 Å². The minimum absolute atomic E-state index is 0.0152. The molecule has 0 saturated heterocycles. The number of anilines is 1. The summed E-state index contributed by atoms with van der Waals surface area (Å²) in [5.74, 6) is 1.25. The minimum Gasteiger partial charge on any atom is -0.495 e. The Kier molecular flexibility index (Phi) is 6.84. The summed E-state index contributed by atoms with van der Waals surface area (Å²) in [6.45, 7) is 6.23. The van der Waals surface area contributed by atoms with Crippen molar-refractivity contribution in [2.45, 2.75) is 31.6 Å². The van der Waals surface area contributed by atoms with E-state index >= 15 is 0 Å². The topological polar surface area (TPSA) is 73.9 Å². The van der Waals surface area contributed by atoms with Gasteiger partial charge in [0.25, 0.3) is 10.0 Å². The van der Waals surface area contributed by atoms with Crippen LogP contribution in [0.2, 0.25) is 5.02 Å². The van der Waals surface area contributed by atoms with Gasteiger partial charge in [0.15, 0.2) is 0 Å². The van der Waals surface area contributed by atoms with Crippen LogP contribution in [0.4, 0.5) is 5.69 Å². The predicted molar refractivity (Wildman–Crippen MR) is 107 cm³/mol. The second kappa shape index (κ2) is 8.71. The third-order valence-corrected chi connectivity index (χ3v) is 5.66. The van der Waals surface area contributed by atoms with Crippen LogP contribution in [0, 0.1) is 0 Å². The Morgan fingerprint density at radius 3 is 2.30 bits per heavy atom. The summed E-state index contributed by atoms with van der Waals surface area (Å²) in [6.07, 6.45) is 0. The van der Waals surface area contributed by atoms with Crippen LogP contribution < -0.4 is 18.9 Å². The summed E-state index contributed by atoms with van der Waals surface area (Å²) in [6, 6.07) is 7.93. The fraction of sp³-hybridized carbons (Fsp3) is 0.368. The highest BCUT2D eigenvalue weighted by Crippen LogP contribution is 2.38. The van der Waals surface area contributed by atoms with Gasteiger partial charge in [-0.2, -0.15) is 0 Å². The van der Waals surface area contributed by atoms with E-state index in [2.05, 4.69) is 4.72 Å². The molecule has 0 amide bonds. The van der Waals surface area contributed by atoms with Gasteiger partial charge < -0.3 is 14.2 Å². The highest BCUT2D eigenvalue weighted by atomic mass is 35.5. The molecule has 0 radical (unpaired) electrons. The van der Waals surface area contributed by atoms with E-state index in [0.29, 0.717) is 34.4 Å². The molecule has 2 aromatic rings. The molecule has 0 fully saturated rings. The van der Waals surface area contributed by atoms with Crippen LogP contribution in [0.5, 0.6) is 17.2 Å². The zero-order chi connectivity index (χ0) is 20.2. The molecule has 2 aromatic carbocycles. The third kappa shape index (κ3) is 4.78. The minimum atomic E-state index is -3.88. The van der Waals surface area contributed by atoms with Crippen molar-refractivity contribution in [1.29, 1.82) is 0 Å². The number of rotatable bonds is 8. The SMILES string of the molecule is CCOc1ccc(S(=O)(=O)Nc2cc(OC)c(Cl)cc2OC)c(C(C)C)c1. The Morgan fingerprint density at radius 2 is 1.74 bits per heavy atom. The van der Waals surface area contributed by atoms with Gasteiger partial charge in [-0.25, -0.2) is 8.42 Å². The van der Waals surface area contributed by atoms with Crippen LogP contribution in [0.15, 0.2) is 35.2 Å². The van der Waals surface area contributed by atoms with Crippen LogP contribution in [0.3, 0.4) is 0 Å². The molecule has 0 aromatic heterocycles. The second-order valence-electron chi connectivity index (χ2n) is 6.08. The summed E-state index contributed by atoms with van der Waals surface area (Å²) in [7, 11) is -0.985. The molecule has 2 rings (SSSR count). The highest BCUT2D eigenvalue weighted by Gasteiger charge is 2.23. The number of hydrogen-bond donors (Lipinski definition) is 1. The normalized spacial score (nSPS) is 11.4. The molecule has 148 valence electrons. The monoisotopic (exact) mass is 413 g/mol. The first-order valence-electron chi connectivity index (χ1n) is 8.44. The summed E-state index contributed by atoms with van der Waals surface area (Å²) in [5.41, 5.74) is 0.899. The number of halogens is 1. The number of sulfonamides is 1. The first kappa shape index (κ1) is 21.2. The quantitative estimate of drug-likeness (QED) is 0.680. The van der Waals surface area contributed by atoms with Crippen molar-refractivity contribution in [3.05, 3.63) is 40.9 Å². The first-order chi connectivity index (χ1) is 12.7. The number of methoxy groups -OCH3 is 2. The van der Waals surface area contributed by atoms with Crippen molar-refractivity contribution in [3.8, 4) is 17.2 Å². The molecule has 0 bridgehead atoms. The van der Waals surface area contributed by atoms with E-state index in [1.54, 1.807) is 18.2 Å². The van der Waals surface area contributed by atoms with Gasteiger partial charge in [0.1, 0.15) is 17.2 Å².